The molecule has 9 heteroatoms. The van der Waals surface area contributed by atoms with Crippen LogP contribution in [0.4, 0.5) is 5.13 Å². The lowest BCUT2D eigenvalue weighted by Crippen LogP contribution is -2.41. The van der Waals surface area contributed by atoms with E-state index >= 15 is 0 Å². The minimum absolute atomic E-state index is 0.0265. The number of amides is 2. The van der Waals surface area contributed by atoms with Gasteiger partial charge in [0.15, 0.2) is 5.13 Å². The van der Waals surface area contributed by atoms with Gasteiger partial charge in [0.05, 0.1) is 28.8 Å². The van der Waals surface area contributed by atoms with Crippen LogP contribution < -0.4 is 5.32 Å². The normalized spacial score (nSPS) is 14.7. The second-order valence-corrected chi connectivity index (χ2v) is 8.68. The van der Waals surface area contributed by atoms with Gasteiger partial charge in [0.25, 0.3) is 5.91 Å². The summed E-state index contributed by atoms with van der Waals surface area (Å²) in [6.07, 6.45) is 2.86. The summed E-state index contributed by atoms with van der Waals surface area (Å²) in [4.78, 5) is 31.6. The Morgan fingerprint density at radius 3 is 2.67 bits per heavy atom. The first-order valence-corrected chi connectivity index (χ1v) is 11.0. The third-order valence-electron chi connectivity index (χ3n) is 5.30. The Morgan fingerprint density at radius 2 is 2.00 bits per heavy atom. The fourth-order valence-corrected chi connectivity index (χ4v) is 4.50. The quantitative estimate of drug-likeness (QED) is 0.658. The number of hydrogen-bond donors (Lipinski definition) is 1. The molecule has 0 radical (unpaired) electrons. The minimum Gasteiger partial charge on any atom is -0.338 e. The maximum Gasteiger partial charge on any atom is 0.257 e. The molecular formula is C21H22ClN5O2S. The van der Waals surface area contributed by atoms with Gasteiger partial charge >= 0.3 is 0 Å². The number of nitrogens with zero attached hydrogens (tertiary/aromatic N) is 4. The van der Waals surface area contributed by atoms with Gasteiger partial charge in [-0.25, -0.2) is 9.67 Å². The number of likely N-dealkylation sites (tertiary alicyclic amines) is 1. The second-order valence-electron chi connectivity index (χ2n) is 7.39. The Balaban J connectivity index is 1.39. The molecule has 3 aromatic rings. The summed E-state index contributed by atoms with van der Waals surface area (Å²) in [5.74, 6) is -0.204. The molecule has 0 spiro atoms. The van der Waals surface area contributed by atoms with E-state index in [1.165, 1.54) is 11.3 Å². The van der Waals surface area contributed by atoms with Crippen LogP contribution in [-0.2, 0) is 4.79 Å². The third-order valence-corrected chi connectivity index (χ3v) is 6.41. The van der Waals surface area contributed by atoms with Gasteiger partial charge in [0.1, 0.15) is 0 Å². The highest BCUT2D eigenvalue weighted by molar-refractivity contribution is 7.13. The van der Waals surface area contributed by atoms with Crippen molar-refractivity contribution in [3.63, 3.8) is 0 Å². The fourth-order valence-electron chi connectivity index (χ4n) is 3.62. The highest BCUT2D eigenvalue weighted by Gasteiger charge is 2.29. The number of thiazole rings is 1. The monoisotopic (exact) mass is 443 g/mol. The molecule has 156 valence electrons. The molecule has 2 aromatic heterocycles. The molecule has 4 rings (SSSR count). The molecule has 0 aliphatic carbocycles. The molecule has 0 unspecified atom stereocenters. The summed E-state index contributed by atoms with van der Waals surface area (Å²) in [7, 11) is 0. The summed E-state index contributed by atoms with van der Waals surface area (Å²) >= 11 is 7.50. The number of anilines is 1. The predicted molar refractivity (Wildman–Crippen MR) is 117 cm³/mol. The molecule has 0 bridgehead atoms. The van der Waals surface area contributed by atoms with E-state index in [0.717, 1.165) is 17.1 Å². The van der Waals surface area contributed by atoms with Gasteiger partial charge in [-0.05, 0) is 44.9 Å². The van der Waals surface area contributed by atoms with Crippen LogP contribution in [0.5, 0.6) is 0 Å². The van der Waals surface area contributed by atoms with Gasteiger partial charge in [0, 0.05) is 29.4 Å². The van der Waals surface area contributed by atoms with Crippen LogP contribution in [0.25, 0.3) is 5.69 Å². The van der Waals surface area contributed by atoms with Crippen LogP contribution in [0, 0.1) is 19.8 Å². The van der Waals surface area contributed by atoms with Crippen molar-refractivity contribution >= 4 is 39.9 Å². The van der Waals surface area contributed by atoms with Gasteiger partial charge in [0.2, 0.25) is 5.91 Å². The van der Waals surface area contributed by atoms with E-state index in [1.54, 1.807) is 21.8 Å². The van der Waals surface area contributed by atoms with Crippen molar-refractivity contribution in [2.75, 3.05) is 18.4 Å². The van der Waals surface area contributed by atoms with E-state index in [-0.39, 0.29) is 17.7 Å². The van der Waals surface area contributed by atoms with Crippen LogP contribution in [0.3, 0.4) is 0 Å². The van der Waals surface area contributed by atoms with E-state index < -0.39 is 0 Å². The maximum atomic E-state index is 13.0. The summed E-state index contributed by atoms with van der Waals surface area (Å²) < 4.78 is 1.72. The zero-order valence-corrected chi connectivity index (χ0v) is 18.3. The molecule has 1 N–H and O–H groups in total. The molecule has 1 saturated heterocycles. The van der Waals surface area contributed by atoms with E-state index in [2.05, 4.69) is 15.4 Å². The zero-order chi connectivity index (χ0) is 21.3. The lowest BCUT2D eigenvalue weighted by atomic mass is 9.95. The maximum absolute atomic E-state index is 13.0. The molecule has 2 amide bonds. The topological polar surface area (TPSA) is 80.1 Å². The van der Waals surface area contributed by atoms with Crippen molar-refractivity contribution < 1.29 is 9.59 Å². The molecule has 1 aliphatic heterocycles. The summed E-state index contributed by atoms with van der Waals surface area (Å²) in [5, 5.41) is 10.4. The van der Waals surface area contributed by atoms with Crippen LogP contribution in [0.15, 0.2) is 35.8 Å². The van der Waals surface area contributed by atoms with E-state index in [0.29, 0.717) is 41.6 Å². The molecule has 30 heavy (non-hydrogen) atoms. The van der Waals surface area contributed by atoms with Crippen molar-refractivity contribution in [3.05, 3.63) is 57.8 Å². The Bertz CT molecular complexity index is 1080. The number of benzene rings is 1. The number of rotatable bonds is 4. The Morgan fingerprint density at radius 1 is 1.23 bits per heavy atom. The summed E-state index contributed by atoms with van der Waals surface area (Å²) in [6.45, 7) is 4.84. The van der Waals surface area contributed by atoms with Crippen LogP contribution in [0.1, 0.15) is 34.6 Å². The summed E-state index contributed by atoms with van der Waals surface area (Å²) in [6, 6.07) is 7.35. The highest BCUT2D eigenvalue weighted by Crippen LogP contribution is 2.24. The largest absolute Gasteiger partial charge is 0.338 e. The number of halogens is 1. The van der Waals surface area contributed by atoms with Gasteiger partial charge in [-0.3, -0.25) is 9.59 Å². The molecule has 1 aromatic carbocycles. The summed E-state index contributed by atoms with van der Waals surface area (Å²) in [5.41, 5.74) is 3.04. The van der Waals surface area contributed by atoms with Gasteiger partial charge in [-0.2, -0.15) is 5.10 Å². The SMILES string of the molecule is Cc1csc(NC(=O)C2CCN(C(=O)c3cnn(-c4cccc(Cl)c4)c3C)CC2)n1. The lowest BCUT2D eigenvalue weighted by molar-refractivity contribution is -0.121. The molecule has 1 aliphatic rings. The molecule has 7 nitrogen and oxygen atoms in total. The van der Waals surface area contributed by atoms with Crippen LogP contribution in [0.2, 0.25) is 5.02 Å². The standard InChI is InChI=1S/C21H22ClN5O2S/c1-13-12-30-21(24-13)25-19(28)15-6-8-26(9-7-15)20(29)18-11-23-27(14(18)2)17-5-3-4-16(22)10-17/h3-5,10-12,15H,6-9H2,1-2H3,(H,24,25,28). The molecule has 0 saturated carbocycles. The van der Waals surface area contributed by atoms with Crippen molar-refractivity contribution in [1.29, 1.82) is 0 Å². The Labute approximate surface area is 183 Å². The second kappa shape index (κ2) is 8.57. The van der Waals surface area contributed by atoms with Crippen molar-refractivity contribution in [2.45, 2.75) is 26.7 Å². The average Bonchev–Trinajstić information content (AvgIpc) is 3.32. The molecule has 0 atom stereocenters. The lowest BCUT2D eigenvalue weighted by Gasteiger charge is -2.31. The highest BCUT2D eigenvalue weighted by atomic mass is 35.5. The number of aromatic nitrogens is 3. The molecule has 1 fully saturated rings. The number of nitrogens with one attached hydrogen (secondary N) is 1. The van der Waals surface area contributed by atoms with Crippen molar-refractivity contribution in [1.82, 2.24) is 19.7 Å². The fraction of sp³-hybridized carbons (Fsp3) is 0.333. The van der Waals surface area contributed by atoms with Crippen LogP contribution >= 0.6 is 22.9 Å². The van der Waals surface area contributed by atoms with E-state index in [1.807, 2.05) is 37.4 Å². The minimum atomic E-state index is -0.117. The van der Waals surface area contributed by atoms with Gasteiger partial charge in [-0.15, -0.1) is 11.3 Å². The van der Waals surface area contributed by atoms with Crippen molar-refractivity contribution in [3.8, 4) is 5.69 Å². The predicted octanol–water partition coefficient (Wildman–Crippen LogP) is 4.09. The van der Waals surface area contributed by atoms with Crippen molar-refractivity contribution in [2.24, 2.45) is 5.92 Å². The number of piperidine rings is 1. The van der Waals surface area contributed by atoms with E-state index in [9.17, 15) is 9.59 Å². The van der Waals surface area contributed by atoms with E-state index in [4.69, 9.17) is 11.6 Å². The van der Waals surface area contributed by atoms with Gasteiger partial charge < -0.3 is 10.2 Å². The number of hydrogen-bond acceptors (Lipinski definition) is 5. The first-order chi connectivity index (χ1) is 14.4. The Kier molecular flexibility index (Phi) is 5.87. The van der Waals surface area contributed by atoms with Gasteiger partial charge in [-0.1, -0.05) is 17.7 Å². The average molecular weight is 444 g/mol. The smallest absolute Gasteiger partial charge is 0.257 e. The Hall–Kier alpha value is -2.71. The molecular weight excluding hydrogens is 422 g/mol. The first kappa shape index (κ1) is 20.6. The number of aryl methyl sites for hydroxylation is 1. The third kappa shape index (κ3) is 4.24. The molecule has 3 heterocycles. The number of carbonyl (C=O) groups excluding carboxylic acids is 2. The zero-order valence-electron chi connectivity index (χ0n) is 16.8. The first-order valence-electron chi connectivity index (χ1n) is 9.75. The van der Waals surface area contributed by atoms with Crippen LogP contribution in [-0.4, -0.2) is 44.6 Å². The number of carbonyl (C=O) groups is 2.